The summed E-state index contributed by atoms with van der Waals surface area (Å²) in [4.78, 5) is 16.4. The molecule has 1 aliphatic rings. The Morgan fingerprint density at radius 1 is 1.22 bits per heavy atom. The molecule has 4 aromatic rings. The topological polar surface area (TPSA) is 82.7 Å². The molecule has 1 aliphatic carbocycles. The fourth-order valence-corrected chi connectivity index (χ4v) is 5.54. The summed E-state index contributed by atoms with van der Waals surface area (Å²) in [6.45, 7) is 6.41. The second-order valence-corrected chi connectivity index (χ2v) is 9.78. The van der Waals surface area contributed by atoms with Gasteiger partial charge in [-0.1, -0.05) is 0 Å². The Bertz CT molecular complexity index is 1250. The van der Waals surface area contributed by atoms with Crippen molar-refractivity contribution in [3.05, 3.63) is 30.2 Å². The van der Waals surface area contributed by atoms with Crippen molar-refractivity contribution in [2.45, 2.75) is 58.2 Å². The third-order valence-corrected chi connectivity index (χ3v) is 7.45. The molecule has 0 bridgehead atoms. The van der Waals surface area contributed by atoms with E-state index in [1.807, 2.05) is 28.7 Å². The van der Waals surface area contributed by atoms with Crippen LogP contribution in [0.5, 0.6) is 0 Å². The molecule has 5 rings (SSSR count). The summed E-state index contributed by atoms with van der Waals surface area (Å²) in [5.41, 5.74) is 2.14. The lowest BCUT2D eigenvalue weighted by Crippen LogP contribution is -2.18. The van der Waals surface area contributed by atoms with Gasteiger partial charge in [-0.05, 0) is 51.7 Å². The van der Waals surface area contributed by atoms with Crippen LogP contribution in [0.4, 0.5) is 5.82 Å². The molecule has 1 saturated carbocycles. The highest BCUT2D eigenvalue weighted by molar-refractivity contribution is 7.22. The lowest BCUT2D eigenvalue weighted by atomic mass is 10.1. The Balaban J connectivity index is 1.63. The number of imidazole rings is 1. The molecule has 32 heavy (non-hydrogen) atoms. The lowest BCUT2D eigenvalue weighted by molar-refractivity contribution is 0.108. The molecule has 1 fully saturated rings. The number of fused-ring (bicyclic) bond motifs is 1. The number of methoxy groups -OCH3 is 1. The van der Waals surface area contributed by atoms with Crippen LogP contribution in [0.2, 0.25) is 0 Å². The highest BCUT2D eigenvalue weighted by Gasteiger charge is 2.27. The van der Waals surface area contributed by atoms with Crippen molar-refractivity contribution in [3.8, 4) is 22.2 Å². The van der Waals surface area contributed by atoms with Gasteiger partial charge < -0.3 is 14.6 Å². The van der Waals surface area contributed by atoms with Crippen LogP contribution in [0, 0.1) is 6.92 Å². The normalized spacial score (nSPS) is 18.8. The summed E-state index contributed by atoms with van der Waals surface area (Å²) in [7, 11) is 3.76. The van der Waals surface area contributed by atoms with Gasteiger partial charge in [0.2, 0.25) is 0 Å². The molecule has 4 heterocycles. The summed E-state index contributed by atoms with van der Waals surface area (Å²) in [5, 5.41) is 9.59. The Hall–Kier alpha value is -2.78. The van der Waals surface area contributed by atoms with Crippen molar-refractivity contribution in [2.24, 2.45) is 7.05 Å². The highest BCUT2D eigenvalue weighted by atomic mass is 32.1. The van der Waals surface area contributed by atoms with Gasteiger partial charge >= 0.3 is 0 Å². The quantitative estimate of drug-likeness (QED) is 0.452. The average Bonchev–Trinajstić information content (AvgIpc) is 3.54. The molecule has 0 unspecified atom stereocenters. The molecule has 0 radical (unpaired) electrons. The van der Waals surface area contributed by atoms with E-state index in [0.717, 1.165) is 57.3 Å². The minimum Gasteiger partial charge on any atom is -0.381 e. The van der Waals surface area contributed by atoms with Gasteiger partial charge in [-0.2, -0.15) is 5.10 Å². The molecule has 0 spiro atoms. The Kier molecular flexibility index (Phi) is 5.46. The van der Waals surface area contributed by atoms with Crippen molar-refractivity contribution < 1.29 is 4.74 Å². The number of hydrogen-bond acceptors (Lipinski definition) is 7. The van der Waals surface area contributed by atoms with Gasteiger partial charge in [0.15, 0.2) is 11.6 Å². The van der Waals surface area contributed by atoms with E-state index in [4.69, 9.17) is 19.8 Å². The van der Waals surface area contributed by atoms with E-state index in [0.29, 0.717) is 24.0 Å². The fraction of sp³-hybridized carbons (Fsp3) is 0.478. The van der Waals surface area contributed by atoms with E-state index < -0.39 is 0 Å². The maximum atomic E-state index is 5.58. The van der Waals surface area contributed by atoms with Crippen molar-refractivity contribution in [2.75, 3.05) is 12.4 Å². The zero-order valence-corrected chi connectivity index (χ0v) is 20.0. The SMILES string of the molecule is CO[C@@H]1CC[C@H](Nc2nc(-c3nccn3C)nc3sc(-c4ccn(C(C)C)n4)c(C)c23)C1. The second kappa shape index (κ2) is 8.29. The van der Waals surface area contributed by atoms with Gasteiger partial charge in [-0.15, -0.1) is 11.3 Å². The van der Waals surface area contributed by atoms with E-state index in [1.54, 1.807) is 24.6 Å². The first kappa shape index (κ1) is 21.1. The maximum Gasteiger partial charge on any atom is 0.199 e. The summed E-state index contributed by atoms with van der Waals surface area (Å²) in [6.07, 6.45) is 9.15. The number of ether oxygens (including phenoxy) is 1. The minimum absolute atomic E-state index is 0.304. The smallest absolute Gasteiger partial charge is 0.199 e. The molecule has 2 atom stereocenters. The van der Waals surface area contributed by atoms with Crippen LogP contribution in [0.25, 0.3) is 32.4 Å². The van der Waals surface area contributed by atoms with E-state index in [1.165, 1.54) is 0 Å². The van der Waals surface area contributed by atoms with Gasteiger partial charge in [0.1, 0.15) is 16.3 Å². The number of thiophene rings is 1. The molecule has 0 saturated heterocycles. The molecule has 168 valence electrons. The first-order valence-electron chi connectivity index (χ1n) is 11.1. The van der Waals surface area contributed by atoms with Gasteiger partial charge in [0.05, 0.1) is 16.4 Å². The standard InChI is InChI=1S/C23H29N7OS/c1-13(2)30-10-8-17(28-30)19-14(3)18-20(25-15-6-7-16(12-15)31-5)26-21(27-23(18)32-19)22-24-9-11-29(22)4/h8-11,13,15-16H,6-7,12H2,1-5H3,(H,25,26,27)/t15-,16+/m0/s1. The molecule has 0 amide bonds. The molecule has 8 nitrogen and oxygen atoms in total. The predicted octanol–water partition coefficient (Wildman–Crippen LogP) is 4.82. The monoisotopic (exact) mass is 451 g/mol. The summed E-state index contributed by atoms with van der Waals surface area (Å²) < 4.78 is 9.52. The number of rotatable bonds is 6. The van der Waals surface area contributed by atoms with Gasteiger partial charge in [-0.25, -0.2) is 15.0 Å². The molecule has 0 aliphatic heterocycles. The number of aryl methyl sites for hydroxylation is 2. The van der Waals surface area contributed by atoms with Crippen LogP contribution in [0.3, 0.4) is 0 Å². The van der Waals surface area contributed by atoms with Crippen LogP contribution in [-0.2, 0) is 11.8 Å². The number of anilines is 1. The molecule has 1 N–H and O–H groups in total. The van der Waals surface area contributed by atoms with Crippen LogP contribution < -0.4 is 5.32 Å². The zero-order valence-electron chi connectivity index (χ0n) is 19.2. The summed E-state index contributed by atoms with van der Waals surface area (Å²) in [6, 6.07) is 2.73. The second-order valence-electron chi connectivity index (χ2n) is 8.78. The van der Waals surface area contributed by atoms with Gasteiger partial charge in [0, 0.05) is 44.8 Å². The zero-order chi connectivity index (χ0) is 22.4. The fourth-order valence-electron chi connectivity index (χ4n) is 4.39. The third kappa shape index (κ3) is 3.69. The van der Waals surface area contributed by atoms with Crippen LogP contribution in [0.15, 0.2) is 24.7 Å². The van der Waals surface area contributed by atoms with Crippen LogP contribution in [0.1, 0.15) is 44.7 Å². The van der Waals surface area contributed by atoms with E-state index >= 15 is 0 Å². The van der Waals surface area contributed by atoms with Crippen LogP contribution in [-0.4, -0.2) is 48.6 Å². The molecular weight excluding hydrogens is 422 g/mol. The lowest BCUT2D eigenvalue weighted by Gasteiger charge is -2.15. The first-order valence-corrected chi connectivity index (χ1v) is 11.9. The first-order chi connectivity index (χ1) is 15.4. The van der Waals surface area contributed by atoms with E-state index in [9.17, 15) is 0 Å². The van der Waals surface area contributed by atoms with Crippen molar-refractivity contribution in [1.82, 2.24) is 29.3 Å². The Morgan fingerprint density at radius 2 is 2.06 bits per heavy atom. The average molecular weight is 452 g/mol. The molecule has 4 aromatic heterocycles. The third-order valence-electron chi connectivity index (χ3n) is 6.24. The Morgan fingerprint density at radius 3 is 2.72 bits per heavy atom. The van der Waals surface area contributed by atoms with Gasteiger partial charge in [0.25, 0.3) is 0 Å². The van der Waals surface area contributed by atoms with E-state index in [-0.39, 0.29) is 0 Å². The van der Waals surface area contributed by atoms with Crippen molar-refractivity contribution in [3.63, 3.8) is 0 Å². The molecule has 0 aromatic carbocycles. The number of hydrogen-bond donors (Lipinski definition) is 1. The summed E-state index contributed by atoms with van der Waals surface area (Å²) >= 11 is 1.67. The molecule has 9 heteroatoms. The maximum absolute atomic E-state index is 5.58. The Labute approximate surface area is 191 Å². The van der Waals surface area contributed by atoms with Gasteiger partial charge in [-0.3, -0.25) is 4.68 Å². The van der Waals surface area contributed by atoms with E-state index in [2.05, 4.69) is 37.1 Å². The highest BCUT2D eigenvalue weighted by Crippen LogP contribution is 2.41. The number of aromatic nitrogens is 6. The van der Waals surface area contributed by atoms with Crippen LogP contribution >= 0.6 is 11.3 Å². The number of nitrogens with one attached hydrogen (secondary N) is 1. The minimum atomic E-state index is 0.304. The summed E-state index contributed by atoms with van der Waals surface area (Å²) in [5.74, 6) is 2.26. The largest absolute Gasteiger partial charge is 0.381 e. The number of nitrogens with zero attached hydrogens (tertiary/aromatic N) is 6. The predicted molar refractivity (Wildman–Crippen MR) is 128 cm³/mol. The molecular formula is C23H29N7OS. The van der Waals surface area contributed by atoms with Crippen molar-refractivity contribution in [1.29, 1.82) is 0 Å². The van der Waals surface area contributed by atoms with Crippen molar-refractivity contribution >= 4 is 27.4 Å².